The van der Waals surface area contributed by atoms with Crippen LogP contribution in [0, 0.1) is 0 Å². The Labute approximate surface area is 85.7 Å². The molecule has 13 heavy (non-hydrogen) atoms. The van der Waals surface area contributed by atoms with E-state index in [1.807, 2.05) is 38.1 Å². The molecule has 0 aromatic heterocycles. The van der Waals surface area contributed by atoms with E-state index in [1.54, 1.807) is 0 Å². The third kappa shape index (κ3) is 4.30. The van der Waals surface area contributed by atoms with E-state index in [0.29, 0.717) is 6.61 Å². The molecular weight excluding hydrogens is 184 g/mol. The summed E-state index contributed by atoms with van der Waals surface area (Å²) in [5.74, 6) is 0. The van der Waals surface area contributed by atoms with Crippen LogP contribution in [0.2, 0.25) is 5.02 Å². The van der Waals surface area contributed by atoms with Crippen LogP contribution in [-0.4, -0.2) is 6.10 Å². The van der Waals surface area contributed by atoms with Crippen LogP contribution in [0.4, 0.5) is 0 Å². The lowest BCUT2D eigenvalue weighted by atomic mass is 10.2. The fourth-order valence-electron chi connectivity index (χ4n) is 0.872. The van der Waals surface area contributed by atoms with Crippen molar-refractivity contribution in [2.75, 3.05) is 0 Å². The fraction of sp³-hybridized carbons (Fsp3) is 0.455. The van der Waals surface area contributed by atoms with Crippen LogP contribution < -0.4 is 0 Å². The molecule has 0 bridgehead atoms. The maximum absolute atomic E-state index is 5.93. The molecule has 74 valence electrons. The SMILES string of the molecule is C.CC(C)OCc1ccccc1Cl. The molecule has 1 aromatic rings. The van der Waals surface area contributed by atoms with Gasteiger partial charge in [0.2, 0.25) is 0 Å². The molecule has 1 nitrogen and oxygen atoms in total. The quantitative estimate of drug-likeness (QED) is 0.719. The van der Waals surface area contributed by atoms with Gasteiger partial charge < -0.3 is 4.74 Å². The van der Waals surface area contributed by atoms with E-state index in [9.17, 15) is 0 Å². The normalized spacial score (nSPS) is 9.85. The number of benzene rings is 1. The molecule has 0 amide bonds. The minimum absolute atomic E-state index is 0. The molecule has 0 atom stereocenters. The predicted molar refractivity (Wildman–Crippen MR) is 58.1 cm³/mol. The van der Waals surface area contributed by atoms with E-state index in [1.165, 1.54) is 0 Å². The van der Waals surface area contributed by atoms with Gasteiger partial charge in [-0.3, -0.25) is 0 Å². The smallest absolute Gasteiger partial charge is 0.0734 e. The first-order valence-electron chi connectivity index (χ1n) is 4.05. The molecule has 1 aromatic carbocycles. The molecule has 0 aliphatic heterocycles. The number of ether oxygens (including phenoxy) is 1. The molecule has 0 aliphatic rings. The Bertz CT molecular complexity index is 246. The van der Waals surface area contributed by atoms with Crippen molar-refractivity contribution < 1.29 is 4.74 Å². The summed E-state index contributed by atoms with van der Waals surface area (Å²) in [6.45, 7) is 4.62. The first-order valence-corrected chi connectivity index (χ1v) is 4.43. The molecule has 0 N–H and O–H groups in total. The standard InChI is InChI=1S/C10H13ClO.CH4/c1-8(2)12-7-9-5-3-4-6-10(9)11;/h3-6,8H,7H2,1-2H3;1H4. The van der Waals surface area contributed by atoms with E-state index in [2.05, 4.69) is 0 Å². The number of hydrogen-bond donors (Lipinski definition) is 0. The largest absolute Gasteiger partial charge is 0.374 e. The summed E-state index contributed by atoms with van der Waals surface area (Å²) in [7, 11) is 0. The highest BCUT2D eigenvalue weighted by Crippen LogP contribution is 2.16. The van der Waals surface area contributed by atoms with Crippen LogP contribution in [-0.2, 0) is 11.3 Å². The second-order valence-corrected chi connectivity index (χ2v) is 3.36. The first-order chi connectivity index (χ1) is 5.70. The van der Waals surface area contributed by atoms with Crippen LogP contribution >= 0.6 is 11.6 Å². The summed E-state index contributed by atoms with van der Waals surface area (Å²) in [6.07, 6.45) is 0.251. The van der Waals surface area contributed by atoms with Crippen LogP contribution in [0.1, 0.15) is 26.8 Å². The van der Waals surface area contributed by atoms with Crippen molar-refractivity contribution in [2.24, 2.45) is 0 Å². The van der Waals surface area contributed by atoms with Gasteiger partial charge in [-0.25, -0.2) is 0 Å². The molecule has 0 saturated heterocycles. The van der Waals surface area contributed by atoms with E-state index in [-0.39, 0.29) is 13.5 Å². The van der Waals surface area contributed by atoms with Crippen molar-refractivity contribution in [1.82, 2.24) is 0 Å². The molecular formula is C11H17ClO. The second-order valence-electron chi connectivity index (χ2n) is 2.95. The van der Waals surface area contributed by atoms with Crippen LogP contribution in [0.25, 0.3) is 0 Å². The number of hydrogen-bond acceptors (Lipinski definition) is 1. The third-order valence-electron chi connectivity index (χ3n) is 1.53. The van der Waals surface area contributed by atoms with Gasteiger partial charge in [-0.15, -0.1) is 0 Å². The first kappa shape index (κ1) is 12.5. The molecule has 0 aliphatic carbocycles. The van der Waals surface area contributed by atoms with Crippen LogP contribution in [0.5, 0.6) is 0 Å². The molecule has 0 heterocycles. The lowest BCUT2D eigenvalue weighted by molar-refractivity contribution is 0.0657. The minimum Gasteiger partial charge on any atom is -0.374 e. The van der Waals surface area contributed by atoms with Gasteiger partial charge in [-0.2, -0.15) is 0 Å². The zero-order valence-electron chi connectivity index (χ0n) is 7.38. The van der Waals surface area contributed by atoms with E-state index < -0.39 is 0 Å². The van der Waals surface area contributed by atoms with Gasteiger partial charge in [0.1, 0.15) is 0 Å². The summed E-state index contributed by atoms with van der Waals surface area (Å²) >= 11 is 5.93. The van der Waals surface area contributed by atoms with Gasteiger partial charge in [0, 0.05) is 5.02 Å². The highest BCUT2D eigenvalue weighted by atomic mass is 35.5. The van der Waals surface area contributed by atoms with Crippen molar-refractivity contribution in [1.29, 1.82) is 0 Å². The van der Waals surface area contributed by atoms with Gasteiger partial charge in [0.15, 0.2) is 0 Å². The summed E-state index contributed by atoms with van der Waals surface area (Å²) in [5, 5.41) is 0.776. The summed E-state index contributed by atoms with van der Waals surface area (Å²) in [5.41, 5.74) is 1.05. The number of halogens is 1. The Morgan fingerprint density at radius 2 is 1.92 bits per heavy atom. The lowest BCUT2D eigenvalue weighted by Crippen LogP contribution is -2.02. The van der Waals surface area contributed by atoms with Crippen molar-refractivity contribution in [3.63, 3.8) is 0 Å². The summed E-state index contributed by atoms with van der Waals surface area (Å²) in [6, 6.07) is 7.73. The molecule has 0 spiro atoms. The second kappa shape index (κ2) is 6.01. The Morgan fingerprint density at radius 3 is 2.46 bits per heavy atom. The molecule has 0 unspecified atom stereocenters. The third-order valence-corrected chi connectivity index (χ3v) is 1.90. The average Bonchev–Trinajstić information content (AvgIpc) is 2.03. The van der Waals surface area contributed by atoms with Gasteiger partial charge >= 0.3 is 0 Å². The zero-order valence-corrected chi connectivity index (χ0v) is 8.14. The monoisotopic (exact) mass is 200 g/mol. The summed E-state index contributed by atoms with van der Waals surface area (Å²) in [4.78, 5) is 0. The maximum atomic E-state index is 5.93. The topological polar surface area (TPSA) is 9.23 Å². The molecule has 1 rings (SSSR count). The Morgan fingerprint density at radius 1 is 1.31 bits per heavy atom. The van der Waals surface area contributed by atoms with Crippen molar-refractivity contribution >= 4 is 11.6 Å². The number of rotatable bonds is 3. The van der Waals surface area contributed by atoms with Crippen LogP contribution in [0.3, 0.4) is 0 Å². The average molecular weight is 201 g/mol. The Hall–Kier alpha value is -0.530. The lowest BCUT2D eigenvalue weighted by Gasteiger charge is -2.08. The minimum atomic E-state index is 0. The van der Waals surface area contributed by atoms with Crippen molar-refractivity contribution in [3.05, 3.63) is 34.9 Å². The molecule has 0 fully saturated rings. The van der Waals surface area contributed by atoms with Crippen molar-refractivity contribution in [3.8, 4) is 0 Å². The van der Waals surface area contributed by atoms with Gasteiger partial charge in [0.25, 0.3) is 0 Å². The van der Waals surface area contributed by atoms with Crippen LogP contribution in [0.15, 0.2) is 24.3 Å². The van der Waals surface area contributed by atoms with E-state index in [0.717, 1.165) is 10.6 Å². The Balaban J connectivity index is 0.00000144. The molecule has 0 radical (unpaired) electrons. The van der Waals surface area contributed by atoms with Gasteiger partial charge in [-0.1, -0.05) is 37.2 Å². The fourth-order valence-corrected chi connectivity index (χ4v) is 1.06. The zero-order chi connectivity index (χ0) is 8.97. The van der Waals surface area contributed by atoms with Gasteiger partial charge in [0.05, 0.1) is 12.7 Å². The molecule has 2 heteroatoms. The van der Waals surface area contributed by atoms with E-state index >= 15 is 0 Å². The predicted octanol–water partition coefficient (Wildman–Crippen LogP) is 3.90. The van der Waals surface area contributed by atoms with E-state index in [4.69, 9.17) is 16.3 Å². The maximum Gasteiger partial charge on any atom is 0.0734 e. The highest BCUT2D eigenvalue weighted by molar-refractivity contribution is 6.31. The summed E-state index contributed by atoms with van der Waals surface area (Å²) < 4.78 is 5.42. The molecule has 0 saturated carbocycles. The Kier molecular flexibility index (Phi) is 5.76. The van der Waals surface area contributed by atoms with Gasteiger partial charge in [-0.05, 0) is 25.5 Å². The highest BCUT2D eigenvalue weighted by Gasteiger charge is 1.99. The van der Waals surface area contributed by atoms with Crippen molar-refractivity contribution in [2.45, 2.75) is 34.0 Å².